The Labute approximate surface area is 132 Å². The first kappa shape index (κ1) is 15.9. The van der Waals surface area contributed by atoms with Gasteiger partial charge in [-0.3, -0.25) is 14.9 Å². The van der Waals surface area contributed by atoms with Crippen molar-refractivity contribution in [2.24, 2.45) is 0 Å². The van der Waals surface area contributed by atoms with Crippen molar-refractivity contribution in [3.8, 4) is 0 Å². The number of nitro benzene ring substituents is 1. The number of halogens is 1. The van der Waals surface area contributed by atoms with Crippen molar-refractivity contribution in [2.45, 2.75) is 38.6 Å². The van der Waals surface area contributed by atoms with E-state index in [1.165, 1.54) is 12.1 Å². The minimum absolute atomic E-state index is 0.0332. The first-order valence-electron chi connectivity index (χ1n) is 7.16. The number of non-ortho nitro benzene ring substituents is 1. The maximum atomic E-state index is 12.8. The third-order valence-electron chi connectivity index (χ3n) is 3.98. The van der Waals surface area contributed by atoms with E-state index in [4.69, 9.17) is 0 Å². The number of benzene rings is 1. The number of likely N-dealkylation sites (tertiary alicyclic amines) is 1. The van der Waals surface area contributed by atoms with Crippen molar-refractivity contribution in [3.63, 3.8) is 0 Å². The van der Waals surface area contributed by atoms with Gasteiger partial charge < -0.3 is 4.90 Å². The highest BCUT2D eigenvalue weighted by atomic mass is 79.9. The molecule has 1 atom stereocenters. The lowest BCUT2D eigenvalue weighted by atomic mass is 10.1. The molecule has 1 amide bonds. The molecule has 1 saturated heterocycles. The molecule has 0 radical (unpaired) electrons. The second-order valence-electron chi connectivity index (χ2n) is 5.41. The summed E-state index contributed by atoms with van der Waals surface area (Å²) < 4.78 is 0. The Morgan fingerprint density at radius 1 is 1.43 bits per heavy atom. The van der Waals surface area contributed by atoms with Crippen LogP contribution in [0.1, 0.15) is 41.6 Å². The summed E-state index contributed by atoms with van der Waals surface area (Å²) in [7, 11) is 0. The summed E-state index contributed by atoms with van der Waals surface area (Å²) in [5.41, 5.74) is 1.19. The van der Waals surface area contributed by atoms with Gasteiger partial charge in [0.1, 0.15) is 0 Å². The number of carbonyl (C=O) groups excluding carboxylic acids is 1. The van der Waals surface area contributed by atoms with Gasteiger partial charge in [-0.2, -0.15) is 0 Å². The molecule has 6 heteroatoms. The van der Waals surface area contributed by atoms with Crippen LogP contribution in [0.15, 0.2) is 18.2 Å². The van der Waals surface area contributed by atoms with Gasteiger partial charge in [-0.1, -0.05) is 34.8 Å². The maximum absolute atomic E-state index is 12.8. The Kier molecular flexibility index (Phi) is 5.33. The fourth-order valence-corrected chi connectivity index (χ4v) is 3.39. The third-order valence-corrected chi connectivity index (χ3v) is 4.73. The number of carbonyl (C=O) groups is 1. The summed E-state index contributed by atoms with van der Waals surface area (Å²) in [5, 5.41) is 11.7. The topological polar surface area (TPSA) is 63.5 Å². The standard InChI is InChI=1S/C15H19BrN2O3/c1-11-6-7-12(18(20)21)9-14(11)15(19)17-8-4-2-3-5-13(17)10-16/h6-7,9,13H,2-5,8,10H2,1H3. The molecule has 114 valence electrons. The van der Waals surface area contributed by atoms with Crippen LogP contribution in [-0.2, 0) is 0 Å². The van der Waals surface area contributed by atoms with Gasteiger partial charge in [0, 0.05) is 35.6 Å². The molecule has 1 aliphatic rings. The Bertz CT molecular complexity index is 548. The normalized spacial score (nSPS) is 19.1. The van der Waals surface area contributed by atoms with Gasteiger partial charge in [-0.15, -0.1) is 0 Å². The molecule has 0 bridgehead atoms. The van der Waals surface area contributed by atoms with E-state index in [-0.39, 0.29) is 17.6 Å². The number of aryl methyl sites for hydroxylation is 1. The number of nitro groups is 1. The predicted molar refractivity (Wildman–Crippen MR) is 84.9 cm³/mol. The summed E-state index contributed by atoms with van der Waals surface area (Å²) in [4.78, 5) is 25.1. The zero-order chi connectivity index (χ0) is 15.4. The van der Waals surface area contributed by atoms with Crippen LogP contribution in [0.5, 0.6) is 0 Å². The molecule has 5 nitrogen and oxygen atoms in total. The van der Waals surface area contributed by atoms with Crippen LogP contribution in [0.25, 0.3) is 0 Å². The van der Waals surface area contributed by atoms with Crippen molar-refractivity contribution < 1.29 is 9.72 Å². The summed E-state index contributed by atoms with van der Waals surface area (Å²) in [6.45, 7) is 2.54. The molecular formula is C15H19BrN2O3. The van der Waals surface area contributed by atoms with Crippen molar-refractivity contribution in [2.75, 3.05) is 11.9 Å². The second kappa shape index (κ2) is 7.02. The first-order valence-corrected chi connectivity index (χ1v) is 8.28. The number of rotatable bonds is 3. The highest BCUT2D eigenvalue weighted by Gasteiger charge is 2.27. The quantitative estimate of drug-likeness (QED) is 0.472. The van der Waals surface area contributed by atoms with Crippen LogP contribution in [0, 0.1) is 17.0 Å². The average molecular weight is 355 g/mol. The molecule has 0 aliphatic carbocycles. The number of hydrogen-bond acceptors (Lipinski definition) is 3. The molecule has 0 saturated carbocycles. The van der Waals surface area contributed by atoms with Crippen molar-refractivity contribution in [3.05, 3.63) is 39.4 Å². The van der Waals surface area contributed by atoms with Crippen LogP contribution >= 0.6 is 15.9 Å². The van der Waals surface area contributed by atoms with Crippen LogP contribution in [0.3, 0.4) is 0 Å². The Morgan fingerprint density at radius 3 is 2.86 bits per heavy atom. The van der Waals surface area contributed by atoms with Gasteiger partial charge in [0.15, 0.2) is 0 Å². The minimum atomic E-state index is -0.458. The third kappa shape index (κ3) is 3.61. The summed E-state index contributed by atoms with van der Waals surface area (Å²) in [6, 6.07) is 4.65. The van der Waals surface area contributed by atoms with E-state index in [0.29, 0.717) is 5.56 Å². The SMILES string of the molecule is Cc1ccc([N+](=O)[O-])cc1C(=O)N1CCCCCC1CBr. The molecule has 1 aliphatic heterocycles. The van der Waals surface area contributed by atoms with Gasteiger partial charge in [-0.25, -0.2) is 0 Å². The number of alkyl halides is 1. The average Bonchev–Trinajstić information content (AvgIpc) is 2.71. The van der Waals surface area contributed by atoms with E-state index in [9.17, 15) is 14.9 Å². The number of nitrogens with zero attached hydrogens (tertiary/aromatic N) is 2. The zero-order valence-electron chi connectivity index (χ0n) is 12.0. The predicted octanol–water partition coefficient (Wildman–Crippen LogP) is 3.68. The maximum Gasteiger partial charge on any atom is 0.270 e. The van der Waals surface area contributed by atoms with Gasteiger partial charge in [0.25, 0.3) is 11.6 Å². The number of hydrogen-bond donors (Lipinski definition) is 0. The van der Waals surface area contributed by atoms with E-state index in [1.54, 1.807) is 6.07 Å². The Morgan fingerprint density at radius 2 is 2.19 bits per heavy atom. The zero-order valence-corrected chi connectivity index (χ0v) is 13.6. The van der Waals surface area contributed by atoms with Crippen molar-refractivity contribution >= 4 is 27.5 Å². The van der Waals surface area contributed by atoms with Crippen LogP contribution in [0.4, 0.5) is 5.69 Å². The van der Waals surface area contributed by atoms with Crippen LogP contribution in [0.2, 0.25) is 0 Å². The molecule has 21 heavy (non-hydrogen) atoms. The van der Waals surface area contributed by atoms with Crippen LogP contribution < -0.4 is 0 Å². The molecule has 1 aromatic carbocycles. The van der Waals surface area contributed by atoms with Crippen molar-refractivity contribution in [1.82, 2.24) is 4.90 Å². The summed E-state index contributed by atoms with van der Waals surface area (Å²) in [5.74, 6) is -0.0949. The van der Waals surface area contributed by atoms with Gasteiger partial charge >= 0.3 is 0 Å². The van der Waals surface area contributed by atoms with E-state index < -0.39 is 4.92 Å². The monoisotopic (exact) mass is 354 g/mol. The lowest BCUT2D eigenvalue weighted by Gasteiger charge is -2.29. The highest BCUT2D eigenvalue weighted by Crippen LogP contribution is 2.24. The van der Waals surface area contributed by atoms with Crippen molar-refractivity contribution in [1.29, 1.82) is 0 Å². The highest BCUT2D eigenvalue weighted by molar-refractivity contribution is 9.09. The lowest BCUT2D eigenvalue weighted by Crippen LogP contribution is -2.41. The molecule has 2 rings (SSSR count). The lowest BCUT2D eigenvalue weighted by molar-refractivity contribution is -0.384. The van der Waals surface area contributed by atoms with E-state index in [0.717, 1.165) is 43.1 Å². The number of amides is 1. The molecule has 0 aromatic heterocycles. The minimum Gasteiger partial charge on any atom is -0.335 e. The molecule has 1 aromatic rings. The molecule has 0 N–H and O–H groups in total. The van der Waals surface area contributed by atoms with Gasteiger partial charge in [0.2, 0.25) is 0 Å². The van der Waals surface area contributed by atoms with E-state index in [2.05, 4.69) is 15.9 Å². The largest absolute Gasteiger partial charge is 0.335 e. The van der Waals surface area contributed by atoms with Gasteiger partial charge in [0.05, 0.1) is 4.92 Å². The van der Waals surface area contributed by atoms with Gasteiger partial charge in [-0.05, 0) is 25.3 Å². The molecule has 1 unspecified atom stereocenters. The fourth-order valence-electron chi connectivity index (χ4n) is 2.71. The smallest absolute Gasteiger partial charge is 0.270 e. The Balaban J connectivity index is 2.33. The Hall–Kier alpha value is -1.43. The van der Waals surface area contributed by atoms with Crippen LogP contribution in [-0.4, -0.2) is 33.6 Å². The molecule has 1 fully saturated rings. The molecular weight excluding hydrogens is 336 g/mol. The fraction of sp³-hybridized carbons (Fsp3) is 0.533. The van der Waals surface area contributed by atoms with E-state index in [1.807, 2.05) is 11.8 Å². The van der Waals surface area contributed by atoms with E-state index >= 15 is 0 Å². The second-order valence-corrected chi connectivity index (χ2v) is 6.06. The summed E-state index contributed by atoms with van der Waals surface area (Å²) in [6.07, 6.45) is 4.21. The molecule has 0 spiro atoms. The summed E-state index contributed by atoms with van der Waals surface area (Å²) >= 11 is 3.48. The molecule has 1 heterocycles. The first-order chi connectivity index (χ1) is 10.0.